The smallest absolute Gasteiger partial charge is 0.0165 e. The predicted octanol–water partition coefficient (Wildman–Crippen LogP) is 0.929. The lowest BCUT2D eigenvalue weighted by molar-refractivity contribution is 0.384. The van der Waals surface area contributed by atoms with Crippen molar-refractivity contribution in [2.75, 3.05) is 6.54 Å². The molecule has 0 saturated carbocycles. The molecule has 0 aromatic heterocycles. The summed E-state index contributed by atoms with van der Waals surface area (Å²) < 4.78 is 0. The quantitative estimate of drug-likeness (QED) is 0.592. The van der Waals surface area contributed by atoms with E-state index >= 15 is 0 Å². The summed E-state index contributed by atoms with van der Waals surface area (Å²) in [6, 6.07) is 1.10. The van der Waals surface area contributed by atoms with Crippen molar-refractivity contribution in [2.24, 2.45) is 5.73 Å². The number of nitrogens with one attached hydrogen (secondary N) is 1. The average molecular weight is 187 g/mol. The van der Waals surface area contributed by atoms with Crippen molar-refractivity contribution in [2.45, 2.75) is 31.8 Å². The Morgan fingerprint density at radius 2 is 1.90 bits per heavy atom. The van der Waals surface area contributed by atoms with Crippen LogP contribution in [0.15, 0.2) is 0 Å². The number of piperidine rings is 1. The molecule has 0 aromatic rings. The Labute approximate surface area is 74.8 Å². The lowest BCUT2D eigenvalue weighted by atomic mass is 10.0. The van der Waals surface area contributed by atoms with E-state index in [1.807, 2.05) is 0 Å². The average Bonchev–Trinajstić information content (AvgIpc) is 1.77. The van der Waals surface area contributed by atoms with E-state index in [1.54, 1.807) is 0 Å². The third-order valence-corrected chi connectivity index (χ3v) is 1.70. The standard InChI is InChI=1S/C6H14N2.2ClH/c1-5-2-3-6(7)4-8-5;;/h5-6,8H,2-4,7H2,1H3;2*1H. The Kier molecular flexibility index (Phi) is 8.17. The molecular weight excluding hydrogens is 171 g/mol. The van der Waals surface area contributed by atoms with Gasteiger partial charge in [-0.25, -0.2) is 0 Å². The van der Waals surface area contributed by atoms with Crippen LogP contribution >= 0.6 is 24.8 Å². The fourth-order valence-electron chi connectivity index (χ4n) is 1.02. The normalized spacial score (nSPS) is 31.8. The van der Waals surface area contributed by atoms with Crippen molar-refractivity contribution in [3.63, 3.8) is 0 Å². The Morgan fingerprint density at radius 1 is 1.30 bits per heavy atom. The Morgan fingerprint density at radius 3 is 2.20 bits per heavy atom. The van der Waals surface area contributed by atoms with Crippen LogP contribution in [0.2, 0.25) is 0 Å². The van der Waals surface area contributed by atoms with Crippen molar-refractivity contribution in [3.05, 3.63) is 0 Å². The number of halogens is 2. The lowest BCUT2D eigenvalue weighted by Crippen LogP contribution is -2.43. The molecule has 2 unspecified atom stereocenters. The molecular formula is C6H16Cl2N2. The molecule has 0 spiro atoms. The van der Waals surface area contributed by atoms with Gasteiger partial charge in [0.15, 0.2) is 0 Å². The number of hydrogen-bond donors (Lipinski definition) is 2. The van der Waals surface area contributed by atoms with Gasteiger partial charge >= 0.3 is 0 Å². The Hall–Kier alpha value is 0.500. The SMILES string of the molecule is CC1CCC(N)CN1.Cl.Cl. The maximum absolute atomic E-state index is 5.63. The molecule has 1 aliphatic heterocycles. The lowest BCUT2D eigenvalue weighted by Gasteiger charge is -2.24. The van der Waals surface area contributed by atoms with Crippen LogP contribution in [-0.4, -0.2) is 18.6 Å². The second kappa shape index (κ2) is 6.23. The molecule has 4 heteroatoms. The number of nitrogens with two attached hydrogens (primary N) is 1. The van der Waals surface area contributed by atoms with Gasteiger partial charge in [-0.3, -0.25) is 0 Å². The van der Waals surface area contributed by atoms with Crippen molar-refractivity contribution < 1.29 is 0 Å². The van der Waals surface area contributed by atoms with Gasteiger partial charge in [-0.1, -0.05) is 0 Å². The number of rotatable bonds is 0. The summed E-state index contributed by atoms with van der Waals surface area (Å²) in [7, 11) is 0. The fraction of sp³-hybridized carbons (Fsp3) is 1.00. The van der Waals surface area contributed by atoms with Gasteiger partial charge in [-0.2, -0.15) is 0 Å². The van der Waals surface area contributed by atoms with E-state index in [0.717, 1.165) is 6.54 Å². The van der Waals surface area contributed by atoms with Crippen LogP contribution < -0.4 is 11.1 Å². The molecule has 0 aliphatic carbocycles. The molecule has 10 heavy (non-hydrogen) atoms. The zero-order valence-corrected chi connectivity index (χ0v) is 7.80. The van der Waals surface area contributed by atoms with E-state index in [0.29, 0.717) is 12.1 Å². The third-order valence-electron chi connectivity index (χ3n) is 1.70. The molecule has 0 amide bonds. The maximum Gasteiger partial charge on any atom is 0.0165 e. The van der Waals surface area contributed by atoms with Crippen LogP contribution in [0.25, 0.3) is 0 Å². The zero-order chi connectivity index (χ0) is 5.98. The Balaban J connectivity index is 0. The number of hydrogen-bond acceptors (Lipinski definition) is 2. The van der Waals surface area contributed by atoms with Crippen LogP contribution in [0.4, 0.5) is 0 Å². The highest BCUT2D eigenvalue weighted by atomic mass is 35.5. The first-order valence-electron chi connectivity index (χ1n) is 3.28. The molecule has 3 N–H and O–H groups in total. The summed E-state index contributed by atoms with van der Waals surface area (Å²) >= 11 is 0. The van der Waals surface area contributed by atoms with Crippen LogP contribution in [0, 0.1) is 0 Å². The monoisotopic (exact) mass is 186 g/mol. The van der Waals surface area contributed by atoms with Crippen molar-refractivity contribution in [1.82, 2.24) is 5.32 Å². The second-order valence-electron chi connectivity index (χ2n) is 2.65. The van der Waals surface area contributed by atoms with E-state index in [9.17, 15) is 0 Å². The first kappa shape index (κ1) is 13.1. The van der Waals surface area contributed by atoms with Crippen LogP contribution in [-0.2, 0) is 0 Å². The first-order chi connectivity index (χ1) is 3.79. The molecule has 1 saturated heterocycles. The van der Waals surface area contributed by atoms with Gasteiger partial charge in [-0.05, 0) is 19.8 Å². The minimum atomic E-state index is 0. The summed E-state index contributed by atoms with van der Waals surface area (Å²) in [6.07, 6.45) is 2.43. The minimum Gasteiger partial charge on any atom is -0.327 e. The van der Waals surface area contributed by atoms with E-state index < -0.39 is 0 Å². The molecule has 2 nitrogen and oxygen atoms in total. The Bertz CT molecular complexity index is 62.1. The van der Waals surface area contributed by atoms with Gasteiger partial charge in [0.25, 0.3) is 0 Å². The highest BCUT2D eigenvalue weighted by molar-refractivity contribution is 5.85. The molecule has 64 valence electrons. The highest BCUT2D eigenvalue weighted by Gasteiger charge is 2.12. The fourth-order valence-corrected chi connectivity index (χ4v) is 1.02. The molecule has 1 heterocycles. The van der Waals surface area contributed by atoms with Gasteiger partial charge in [0.05, 0.1) is 0 Å². The summed E-state index contributed by atoms with van der Waals surface area (Å²) in [5, 5.41) is 3.31. The van der Waals surface area contributed by atoms with Gasteiger partial charge in [0, 0.05) is 18.6 Å². The van der Waals surface area contributed by atoms with Crippen LogP contribution in [0.1, 0.15) is 19.8 Å². The molecule has 0 radical (unpaired) electrons. The zero-order valence-electron chi connectivity index (χ0n) is 6.17. The van der Waals surface area contributed by atoms with E-state index in [2.05, 4.69) is 12.2 Å². The molecule has 0 bridgehead atoms. The molecule has 2 atom stereocenters. The van der Waals surface area contributed by atoms with Crippen molar-refractivity contribution in [3.8, 4) is 0 Å². The van der Waals surface area contributed by atoms with Gasteiger partial charge in [-0.15, -0.1) is 24.8 Å². The summed E-state index contributed by atoms with van der Waals surface area (Å²) in [4.78, 5) is 0. The largest absolute Gasteiger partial charge is 0.327 e. The summed E-state index contributed by atoms with van der Waals surface area (Å²) in [5.41, 5.74) is 5.63. The van der Waals surface area contributed by atoms with Gasteiger partial charge in [0.2, 0.25) is 0 Å². The summed E-state index contributed by atoms with van der Waals surface area (Å²) in [6.45, 7) is 3.20. The van der Waals surface area contributed by atoms with Gasteiger partial charge in [0.1, 0.15) is 0 Å². The van der Waals surface area contributed by atoms with E-state index in [4.69, 9.17) is 5.73 Å². The van der Waals surface area contributed by atoms with Crippen LogP contribution in [0.3, 0.4) is 0 Å². The topological polar surface area (TPSA) is 38.0 Å². The minimum absolute atomic E-state index is 0. The van der Waals surface area contributed by atoms with Gasteiger partial charge < -0.3 is 11.1 Å². The first-order valence-corrected chi connectivity index (χ1v) is 3.28. The third kappa shape index (κ3) is 4.34. The van der Waals surface area contributed by atoms with Crippen molar-refractivity contribution in [1.29, 1.82) is 0 Å². The second-order valence-corrected chi connectivity index (χ2v) is 2.65. The molecule has 1 fully saturated rings. The maximum atomic E-state index is 5.63. The summed E-state index contributed by atoms with van der Waals surface area (Å²) in [5.74, 6) is 0. The molecule has 0 aromatic carbocycles. The van der Waals surface area contributed by atoms with Crippen LogP contribution in [0.5, 0.6) is 0 Å². The molecule has 1 rings (SSSR count). The van der Waals surface area contributed by atoms with Crippen molar-refractivity contribution >= 4 is 24.8 Å². The van der Waals surface area contributed by atoms with E-state index in [1.165, 1.54) is 12.8 Å². The van der Waals surface area contributed by atoms with E-state index in [-0.39, 0.29) is 24.8 Å². The predicted molar refractivity (Wildman–Crippen MR) is 49.2 cm³/mol. The highest BCUT2D eigenvalue weighted by Crippen LogP contribution is 2.04. The molecule has 1 aliphatic rings.